The number of aliphatic hydroxyl groups is 1. The molecule has 4 nitrogen and oxygen atoms in total. The Morgan fingerprint density at radius 2 is 2.05 bits per heavy atom. The number of carbonyl (C=O) groups is 1. The quantitative estimate of drug-likeness (QED) is 0.747. The molecule has 0 aliphatic heterocycles. The molecule has 104 valence electrons. The summed E-state index contributed by atoms with van der Waals surface area (Å²) in [6, 6.07) is 7.42. The predicted octanol–water partition coefficient (Wildman–Crippen LogP) is 1.95. The second-order valence-corrected chi connectivity index (χ2v) is 5.52. The minimum absolute atomic E-state index is 0.0555. The molecule has 1 aromatic rings. The van der Waals surface area contributed by atoms with Gasteiger partial charge >= 0.3 is 6.03 Å². The van der Waals surface area contributed by atoms with Gasteiger partial charge in [0.1, 0.15) is 0 Å². The van der Waals surface area contributed by atoms with E-state index in [2.05, 4.69) is 10.6 Å². The van der Waals surface area contributed by atoms with Crippen LogP contribution in [0.3, 0.4) is 0 Å². The average Bonchev–Trinajstić information content (AvgIpc) is 3.19. The maximum absolute atomic E-state index is 11.6. The predicted molar refractivity (Wildman–Crippen MR) is 75.3 cm³/mol. The zero-order valence-electron chi connectivity index (χ0n) is 10.8. The van der Waals surface area contributed by atoms with Gasteiger partial charge in [-0.2, -0.15) is 0 Å². The van der Waals surface area contributed by atoms with Crippen molar-refractivity contribution in [3.63, 3.8) is 0 Å². The van der Waals surface area contributed by atoms with E-state index in [1.54, 1.807) is 0 Å². The van der Waals surface area contributed by atoms with E-state index >= 15 is 0 Å². The maximum atomic E-state index is 11.6. The Hall–Kier alpha value is -1.26. The topological polar surface area (TPSA) is 61.4 Å². The molecular weight excluding hydrogens is 264 g/mol. The molecule has 1 fully saturated rings. The third-order valence-electron chi connectivity index (χ3n) is 3.55. The highest BCUT2D eigenvalue weighted by Crippen LogP contribution is 2.44. The summed E-state index contributed by atoms with van der Waals surface area (Å²) in [5.41, 5.74) is 0.971. The Morgan fingerprint density at radius 1 is 1.32 bits per heavy atom. The van der Waals surface area contributed by atoms with Gasteiger partial charge in [-0.15, -0.1) is 0 Å². The van der Waals surface area contributed by atoms with Gasteiger partial charge in [0.2, 0.25) is 0 Å². The Labute approximate surface area is 118 Å². The molecule has 0 unspecified atom stereocenters. The number of hydrogen-bond donors (Lipinski definition) is 3. The van der Waals surface area contributed by atoms with Gasteiger partial charge in [0.15, 0.2) is 0 Å². The molecule has 1 aliphatic carbocycles. The summed E-state index contributed by atoms with van der Waals surface area (Å²) in [5.74, 6) is 0. The van der Waals surface area contributed by atoms with Crippen LogP contribution in [0.5, 0.6) is 0 Å². The van der Waals surface area contributed by atoms with Crippen molar-refractivity contribution in [2.45, 2.75) is 19.3 Å². The summed E-state index contributed by atoms with van der Waals surface area (Å²) in [4.78, 5) is 11.6. The summed E-state index contributed by atoms with van der Waals surface area (Å²) in [6.45, 7) is 1.23. The average molecular weight is 283 g/mol. The number of carbonyl (C=O) groups excluding carboxylic acids is 1. The number of rotatable bonds is 6. The fraction of sp³-hybridized carbons (Fsp3) is 0.500. The lowest BCUT2D eigenvalue weighted by Crippen LogP contribution is -2.40. The van der Waals surface area contributed by atoms with Crippen molar-refractivity contribution in [1.29, 1.82) is 0 Å². The first-order valence-electron chi connectivity index (χ1n) is 6.51. The summed E-state index contributed by atoms with van der Waals surface area (Å²) < 4.78 is 0. The largest absolute Gasteiger partial charge is 0.396 e. The monoisotopic (exact) mass is 282 g/mol. The van der Waals surface area contributed by atoms with E-state index < -0.39 is 0 Å². The molecule has 19 heavy (non-hydrogen) atoms. The van der Waals surface area contributed by atoms with E-state index in [0.717, 1.165) is 23.4 Å². The van der Waals surface area contributed by atoms with Crippen molar-refractivity contribution in [3.8, 4) is 0 Å². The first kappa shape index (κ1) is 14.2. The van der Waals surface area contributed by atoms with E-state index in [-0.39, 0.29) is 18.1 Å². The van der Waals surface area contributed by atoms with Gasteiger partial charge in [0, 0.05) is 23.5 Å². The lowest BCUT2D eigenvalue weighted by Gasteiger charge is -2.13. The van der Waals surface area contributed by atoms with Crippen LogP contribution in [0.2, 0.25) is 5.02 Å². The smallest absolute Gasteiger partial charge is 0.314 e. The lowest BCUT2D eigenvalue weighted by atomic mass is 10.1. The van der Waals surface area contributed by atoms with Crippen molar-refractivity contribution in [2.24, 2.45) is 5.41 Å². The SMILES string of the molecule is O=C(NCCc1ccccc1Cl)NCC1(CO)CC1. The highest BCUT2D eigenvalue weighted by Gasteiger charge is 2.41. The van der Waals surface area contributed by atoms with Gasteiger partial charge in [-0.3, -0.25) is 0 Å². The van der Waals surface area contributed by atoms with Crippen LogP contribution in [0.15, 0.2) is 24.3 Å². The van der Waals surface area contributed by atoms with Crippen LogP contribution < -0.4 is 10.6 Å². The van der Waals surface area contributed by atoms with Gasteiger partial charge in [-0.25, -0.2) is 4.79 Å². The van der Waals surface area contributed by atoms with Gasteiger partial charge in [0.25, 0.3) is 0 Å². The second kappa shape index (κ2) is 6.26. The van der Waals surface area contributed by atoms with Crippen molar-refractivity contribution < 1.29 is 9.90 Å². The number of benzene rings is 1. The summed E-state index contributed by atoms with van der Waals surface area (Å²) in [6.07, 6.45) is 2.69. The zero-order chi connectivity index (χ0) is 13.7. The standard InChI is InChI=1S/C14H19ClN2O2/c15-12-4-2-1-3-11(12)5-8-16-13(19)17-9-14(10-18)6-7-14/h1-4,18H,5-10H2,(H2,16,17,19). The van der Waals surface area contributed by atoms with Crippen LogP contribution in [0.1, 0.15) is 18.4 Å². The molecule has 3 N–H and O–H groups in total. The van der Waals surface area contributed by atoms with E-state index in [1.807, 2.05) is 24.3 Å². The summed E-state index contributed by atoms with van der Waals surface area (Å²) >= 11 is 6.03. The van der Waals surface area contributed by atoms with E-state index in [1.165, 1.54) is 0 Å². The first-order chi connectivity index (χ1) is 9.15. The number of amides is 2. The van der Waals surface area contributed by atoms with Crippen molar-refractivity contribution in [2.75, 3.05) is 19.7 Å². The highest BCUT2D eigenvalue weighted by atomic mass is 35.5. The minimum Gasteiger partial charge on any atom is -0.396 e. The molecule has 0 bridgehead atoms. The molecule has 2 rings (SSSR count). The molecule has 0 radical (unpaired) electrons. The second-order valence-electron chi connectivity index (χ2n) is 5.11. The van der Waals surface area contributed by atoms with Crippen LogP contribution in [-0.2, 0) is 6.42 Å². The Bertz CT molecular complexity index is 447. The molecular formula is C14H19ClN2O2. The van der Waals surface area contributed by atoms with Crippen LogP contribution in [0.4, 0.5) is 4.79 Å². The third kappa shape index (κ3) is 4.11. The molecule has 1 aromatic carbocycles. The first-order valence-corrected chi connectivity index (χ1v) is 6.89. The molecule has 1 aliphatic rings. The molecule has 0 aromatic heterocycles. The molecule has 0 heterocycles. The highest BCUT2D eigenvalue weighted by molar-refractivity contribution is 6.31. The number of urea groups is 1. The summed E-state index contributed by atoms with van der Waals surface area (Å²) in [7, 11) is 0. The Balaban J connectivity index is 1.65. The molecule has 0 saturated heterocycles. The molecule has 2 amide bonds. The van der Waals surface area contributed by atoms with Crippen molar-refractivity contribution in [3.05, 3.63) is 34.9 Å². The number of aliphatic hydroxyl groups excluding tert-OH is 1. The zero-order valence-corrected chi connectivity index (χ0v) is 11.5. The lowest BCUT2D eigenvalue weighted by molar-refractivity contribution is 0.203. The molecule has 5 heteroatoms. The Morgan fingerprint density at radius 3 is 2.68 bits per heavy atom. The minimum atomic E-state index is -0.188. The van der Waals surface area contributed by atoms with Crippen LogP contribution in [-0.4, -0.2) is 30.8 Å². The Kier molecular flexibility index (Phi) is 4.66. The van der Waals surface area contributed by atoms with Gasteiger partial charge in [-0.1, -0.05) is 29.8 Å². The number of hydrogen-bond acceptors (Lipinski definition) is 2. The van der Waals surface area contributed by atoms with Crippen LogP contribution >= 0.6 is 11.6 Å². The van der Waals surface area contributed by atoms with Crippen molar-refractivity contribution >= 4 is 17.6 Å². The summed E-state index contributed by atoms with van der Waals surface area (Å²) in [5, 5.41) is 15.4. The number of halogens is 1. The number of nitrogens with one attached hydrogen (secondary N) is 2. The van der Waals surface area contributed by atoms with Crippen LogP contribution in [0, 0.1) is 5.41 Å². The van der Waals surface area contributed by atoms with Crippen LogP contribution in [0.25, 0.3) is 0 Å². The fourth-order valence-electron chi connectivity index (χ4n) is 1.91. The molecule has 0 atom stereocenters. The van der Waals surface area contributed by atoms with Crippen molar-refractivity contribution in [1.82, 2.24) is 10.6 Å². The molecule has 1 saturated carbocycles. The maximum Gasteiger partial charge on any atom is 0.314 e. The van der Waals surface area contributed by atoms with Gasteiger partial charge in [-0.05, 0) is 30.9 Å². The normalized spacial score (nSPS) is 15.9. The fourth-order valence-corrected chi connectivity index (χ4v) is 2.14. The van der Waals surface area contributed by atoms with E-state index in [9.17, 15) is 4.79 Å². The van der Waals surface area contributed by atoms with E-state index in [0.29, 0.717) is 19.5 Å². The van der Waals surface area contributed by atoms with Gasteiger partial charge < -0.3 is 15.7 Å². The van der Waals surface area contributed by atoms with E-state index in [4.69, 9.17) is 16.7 Å². The molecule has 0 spiro atoms. The van der Waals surface area contributed by atoms with Gasteiger partial charge in [0.05, 0.1) is 6.61 Å². The third-order valence-corrected chi connectivity index (χ3v) is 3.92.